The molecule has 0 bridgehead atoms. The maximum Gasteiger partial charge on any atom is 0.254 e. The number of benzene rings is 2. The van der Waals surface area contributed by atoms with Crippen molar-refractivity contribution in [2.45, 2.75) is 31.7 Å². The molecular formula is C19H22N2O3S. The monoisotopic (exact) mass is 358 g/mol. The minimum absolute atomic E-state index is 0.134. The van der Waals surface area contributed by atoms with Crippen LogP contribution in [-0.2, 0) is 23.0 Å². The lowest BCUT2D eigenvalue weighted by atomic mass is 9.98. The Balaban J connectivity index is 1.96. The number of nitrogens with one attached hydrogen (secondary N) is 1. The molecule has 1 aliphatic heterocycles. The van der Waals surface area contributed by atoms with E-state index in [1.165, 1.54) is 18.7 Å². The van der Waals surface area contributed by atoms with Crippen LogP contribution in [0.3, 0.4) is 0 Å². The lowest BCUT2D eigenvalue weighted by molar-refractivity contribution is 0.0734. The summed E-state index contributed by atoms with van der Waals surface area (Å²) in [6.45, 7) is 4.77. The molecule has 1 aliphatic rings. The smallest absolute Gasteiger partial charge is 0.254 e. The Morgan fingerprint density at radius 1 is 1.12 bits per heavy atom. The number of hydrogen-bond donors (Lipinski definition) is 1. The largest absolute Gasteiger partial charge is 0.334 e. The highest BCUT2D eigenvalue weighted by Gasteiger charge is 2.24. The minimum Gasteiger partial charge on any atom is -0.334 e. The summed E-state index contributed by atoms with van der Waals surface area (Å²) < 4.78 is 26.8. The predicted octanol–water partition coefficient (Wildman–Crippen LogP) is 2.41. The van der Waals surface area contributed by atoms with Crippen LogP contribution >= 0.6 is 0 Å². The Hall–Kier alpha value is -2.18. The standard InChI is InChI=1S/C19H22N2O3S/c1-13-10-17(11-18(14(13)2)25(23,24)20-3)19(22)21-9-8-15-6-4-5-7-16(15)12-21/h4-7,10-11,20H,8-9,12H2,1-3H3. The molecule has 0 unspecified atom stereocenters. The van der Waals surface area contributed by atoms with Crippen molar-refractivity contribution >= 4 is 15.9 Å². The van der Waals surface area contributed by atoms with E-state index in [1.54, 1.807) is 17.9 Å². The second-order valence-electron chi connectivity index (χ2n) is 6.37. The van der Waals surface area contributed by atoms with E-state index >= 15 is 0 Å². The first-order chi connectivity index (χ1) is 11.8. The lowest BCUT2D eigenvalue weighted by Crippen LogP contribution is -2.36. The van der Waals surface area contributed by atoms with Crippen molar-refractivity contribution in [3.63, 3.8) is 0 Å². The molecule has 1 N–H and O–H groups in total. The van der Waals surface area contributed by atoms with Crippen LogP contribution in [0, 0.1) is 13.8 Å². The van der Waals surface area contributed by atoms with Gasteiger partial charge in [0.15, 0.2) is 0 Å². The van der Waals surface area contributed by atoms with Gasteiger partial charge in [-0.2, -0.15) is 0 Å². The number of sulfonamides is 1. The molecular weight excluding hydrogens is 336 g/mol. The highest BCUT2D eigenvalue weighted by atomic mass is 32.2. The van der Waals surface area contributed by atoms with Crippen molar-refractivity contribution in [2.75, 3.05) is 13.6 Å². The van der Waals surface area contributed by atoms with Crippen molar-refractivity contribution in [1.82, 2.24) is 9.62 Å². The lowest BCUT2D eigenvalue weighted by Gasteiger charge is -2.29. The van der Waals surface area contributed by atoms with Crippen LogP contribution in [0.2, 0.25) is 0 Å². The third-order valence-corrected chi connectivity index (χ3v) is 6.38. The average Bonchev–Trinajstić information content (AvgIpc) is 2.62. The molecule has 2 aromatic carbocycles. The summed E-state index contributed by atoms with van der Waals surface area (Å²) in [5.74, 6) is -0.134. The van der Waals surface area contributed by atoms with E-state index in [2.05, 4.69) is 10.8 Å². The molecule has 1 heterocycles. The molecule has 0 aromatic heterocycles. The van der Waals surface area contributed by atoms with Gasteiger partial charge in [0.2, 0.25) is 10.0 Å². The van der Waals surface area contributed by atoms with E-state index in [-0.39, 0.29) is 10.8 Å². The first-order valence-corrected chi connectivity index (χ1v) is 9.72. The van der Waals surface area contributed by atoms with Gasteiger partial charge in [-0.3, -0.25) is 4.79 Å². The summed E-state index contributed by atoms with van der Waals surface area (Å²) >= 11 is 0. The highest BCUT2D eigenvalue weighted by molar-refractivity contribution is 7.89. The van der Waals surface area contributed by atoms with E-state index in [1.807, 2.05) is 25.1 Å². The van der Waals surface area contributed by atoms with E-state index in [0.717, 1.165) is 17.5 Å². The quantitative estimate of drug-likeness (QED) is 0.916. The summed E-state index contributed by atoms with van der Waals surface area (Å²) in [7, 11) is -2.23. The molecule has 0 fully saturated rings. The summed E-state index contributed by atoms with van der Waals surface area (Å²) in [6.07, 6.45) is 0.814. The van der Waals surface area contributed by atoms with E-state index in [4.69, 9.17) is 0 Å². The molecule has 25 heavy (non-hydrogen) atoms. The maximum absolute atomic E-state index is 13.0. The number of aryl methyl sites for hydroxylation is 1. The van der Waals surface area contributed by atoms with Crippen LogP contribution < -0.4 is 4.72 Å². The summed E-state index contributed by atoms with van der Waals surface area (Å²) in [5, 5.41) is 0. The van der Waals surface area contributed by atoms with Crippen LogP contribution in [0.15, 0.2) is 41.3 Å². The number of hydrogen-bond acceptors (Lipinski definition) is 3. The van der Waals surface area contributed by atoms with Gasteiger partial charge < -0.3 is 4.90 Å². The SMILES string of the molecule is CNS(=O)(=O)c1cc(C(=O)N2CCc3ccccc3C2)cc(C)c1C. The van der Waals surface area contributed by atoms with Crippen molar-refractivity contribution in [2.24, 2.45) is 0 Å². The molecule has 3 rings (SSSR count). The van der Waals surface area contributed by atoms with Gasteiger partial charge in [0.1, 0.15) is 0 Å². The van der Waals surface area contributed by atoms with Crippen LogP contribution in [0.4, 0.5) is 0 Å². The van der Waals surface area contributed by atoms with Gasteiger partial charge >= 0.3 is 0 Å². The molecule has 6 heteroatoms. The Labute approximate surface area is 148 Å². The predicted molar refractivity (Wildman–Crippen MR) is 97.0 cm³/mol. The van der Waals surface area contributed by atoms with Crippen LogP contribution in [0.25, 0.3) is 0 Å². The average molecular weight is 358 g/mol. The molecule has 0 saturated heterocycles. The van der Waals surface area contributed by atoms with Crippen LogP contribution in [-0.4, -0.2) is 32.8 Å². The molecule has 132 valence electrons. The number of carbonyl (C=O) groups is 1. The number of carbonyl (C=O) groups excluding carboxylic acids is 1. The Morgan fingerprint density at radius 2 is 1.80 bits per heavy atom. The zero-order valence-electron chi connectivity index (χ0n) is 14.7. The summed E-state index contributed by atoms with van der Waals surface area (Å²) in [6, 6.07) is 11.4. The Bertz CT molecular complexity index is 936. The number of nitrogens with zero attached hydrogens (tertiary/aromatic N) is 1. The molecule has 2 aromatic rings. The van der Waals surface area contributed by atoms with Gasteiger partial charge in [0.05, 0.1) is 4.90 Å². The second kappa shape index (κ2) is 6.61. The summed E-state index contributed by atoms with van der Waals surface area (Å²) in [4.78, 5) is 14.9. The van der Waals surface area contributed by atoms with Crippen LogP contribution in [0.5, 0.6) is 0 Å². The van der Waals surface area contributed by atoms with Gasteiger partial charge in [-0.25, -0.2) is 13.1 Å². The molecule has 0 spiro atoms. The first-order valence-electron chi connectivity index (χ1n) is 8.24. The molecule has 1 amide bonds. The summed E-state index contributed by atoms with van der Waals surface area (Å²) in [5.41, 5.74) is 4.28. The maximum atomic E-state index is 13.0. The van der Waals surface area contributed by atoms with Gasteiger partial charge in [0, 0.05) is 18.7 Å². The third kappa shape index (κ3) is 3.32. The third-order valence-electron chi connectivity index (χ3n) is 4.84. The molecule has 0 saturated carbocycles. The van der Waals surface area contributed by atoms with E-state index in [0.29, 0.717) is 24.2 Å². The van der Waals surface area contributed by atoms with Gasteiger partial charge in [-0.1, -0.05) is 24.3 Å². The normalized spacial score (nSPS) is 14.3. The second-order valence-corrected chi connectivity index (χ2v) is 8.22. The molecule has 0 atom stereocenters. The fraction of sp³-hybridized carbons (Fsp3) is 0.316. The number of rotatable bonds is 3. The zero-order chi connectivity index (χ0) is 18.2. The highest BCUT2D eigenvalue weighted by Crippen LogP contribution is 2.24. The van der Waals surface area contributed by atoms with Gasteiger partial charge in [0.25, 0.3) is 5.91 Å². The molecule has 0 radical (unpaired) electrons. The topological polar surface area (TPSA) is 66.5 Å². The van der Waals surface area contributed by atoms with E-state index in [9.17, 15) is 13.2 Å². The first kappa shape index (κ1) is 17.6. The molecule has 0 aliphatic carbocycles. The Morgan fingerprint density at radius 3 is 2.48 bits per heavy atom. The van der Waals surface area contributed by atoms with Crippen molar-refractivity contribution in [3.05, 3.63) is 64.2 Å². The Kier molecular flexibility index (Phi) is 4.67. The van der Waals surface area contributed by atoms with Crippen molar-refractivity contribution in [1.29, 1.82) is 0 Å². The van der Waals surface area contributed by atoms with Crippen LogP contribution in [0.1, 0.15) is 32.6 Å². The fourth-order valence-corrected chi connectivity index (χ4v) is 4.26. The fourth-order valence-electron chi connectivity index (χ4n) is 3.19. The van der Waals surface area contributed by atoms with Gasteiger partial charge in [-0.05, 0) is 61.7 Å². The van der Waals surface area contributed by atoms with Crippen molar-refractivity contribution in [3.8, 4) is 0 Å². The molecule has 5 nitrogen and oxygen atoms in total. The van der Waals surface area contributed by atoms with Gasteiger partial charge in [-0.15, -0.1) is 0 Å². The number of fused-ring (bicyclic) bond motifs is 1. The minimum atomic E-state index is -3.61. The number of amides is 1. The van der Waals surface area contributed by atoms with E-state index < -0.39 is 10.0 Å². The zero-order valence-corrected chi connectivity index (χ0v) is 15.5. The van der Waals surface area contributed by atoms with Crippen molar-refractivity contribution < 1.29 is 13.2 Å².